The Morgan fingerprint density at radius 1 is 1.30 bits per heavy atom. The first kappa shape index (κ1) is 18.9. The van der Waals surface area contributed by atoms with Crippen molar-refractivity contribution in [2.45, 2.75) is 17.6 Å². The second kappa shape index (κ2) is 7.01. The number of sulfone groups is 1. The van der Waals surface area contributed by atoms with E-state index >= 15 is 0 Å². The number of benzene rings is 2. The molecular formula is C17H14ClN3O5S. The zero-order valence-corrected chi connectivity index (χ0v) is 15.6. The number of aryl methyl sites for hydroxylation is 1. The highest BCUT2D eigenvalue weighted by molar-refractivity contribution is 7.90. The Morgan fingerprint density at radius 3 is 2.74 bits per heavy atom. The number of carbonyl (C=O) groups is 2. The fourth-order valence-electron chi connectivity index (χ4n) is 2.89. The predicted molar refractivity (Wildman–Crippen MR) is 98.8 cm³/mol. The van der Waals surface area contributed by atoms with E-state index in [1.54, 1.807) is 31.2 Å². The molecule has 1 aliphatic rings. The van der Waals surface area contributed by atoms with Crippen molar-refractivity contribution in [3.8, 4) is 11.1 Å². The fourth-order valence-corrected chi connectivity index (χ4v) is 4.68. The van der Waals surface area contributed by atoms with E-state index in [-0.39, 0.29) is 22.7 Å². The molecule has 2 aromatic rings. The van der Waals surface area contributed by atoms with Gasteiger partial charge in [-0.05, 0) is 53.0 Å². The molecule has 0 atom stereocenters. The average molecular weight is 408 g/mol. The van der Waals surface area contributed by atoms with Crippen LogP contribution in [0.5, 0.6) is 0 Å². The summed E-state index contributed by atoms with van der Waals surface area (Å²) in [5.74, 6) is -1.31. The highest BCUT2D eigenvalue weighted by Crippen LogP contribution is 2.40. The number of hydrogen-bond donors (Lipinski definition) is 2. The van der Waals surface area contributed by atoms with Crippen LogP contribution in [0.25, 0.3) is 11.1 Å². The van der Waals surface area contributed by atoms with E-state index in [0.717, 1.165) is 0 Å². The number of amides is 1. The van der Waals surface area contributed by atoms with Crippen LogP contribution in [0.2, 0.25) is 5.02 Å². The summed E-state index contributed by atoms with van der Waals surface area (Å²) in [6.07, 6.45) is 0. The molecule has 0 aromatic heterocycles. The van der Waals surface area contributed by atoms with Gasteiger partial charge >= 0.3 is 6.47 Å². The van der Waals surface area contributed by atoms with Crippen LogP contribution in [0.4, 0.5) is 0 Å². The first-order valence-corrected chi connectivity index (χ1v) is 9.66. The van der Waals surface area contributed by atoms with Gasteiger partial charge < -0.3 is 10.6 Å². The molecule has 3 rings (SSSR count). The summed E-state index contributed by atoms with van der Waals surface area (Å²) in [7, 11) is -3.64. The van der Waals surface area contributed by atoms with Crippen molar-refractivity contribution in [1.29, 1.82) is 0 Å². The number of fused-ring (bicyclic) bond motifs is 3. The molecule has 0 saturated heterocycles. The van der Waals surface area contributed by atoms with Gasteiger partial charge in [0, 0.05) is 16.1 Å². The molecule has 0 saturated carbocycles. The minimum atomic E-state index is -3.64. The third-order valence-corrected chi connectivity index (χ3v) is 5.98. The lowest BCUT2D eigenvalue weighted by Crippen LogP contribution is -2.37. The van der Waals surface area contributed by atoms with Gasteiger partial charge in [0.15, 0.2) is 9.84 Å². The maximum Gasteiger partial charge on any atom is 0.323 e. The Kier molecular flexibility index (Phi) is 4.90. The lowest BCUT2D eigenvalue weighted by atomic mass is 9.96. The highest BCUT2D eigenvalue weighted by atomic mass is 35.5. The van der Waals surface area contributed by atoms with Crippen molar-refractivity contribution in [3.05, 3.63) is 52.0 Å². The maximum atomic E-state index is 12.7. The third-order valence-electron chi connectivity index (χ3n) is 4.05. The number of carbonyl (C=O) groups excluding carboxylic acids is 2. The molecule has 0 spiro atoms. The molecule has 1 amide bonds. The smallest absolute Gasteiger partial charge is 0.323 e. The van der Waals surface area contributed by atoms with E-state index in [0.29, 0.717) is 27.3 Å². The monoisotopic (exact) mass is 407 g/mol. The SMILES string of the molecule is Cc1cc2c(cc1C(=O)NC(N)=NOC=O)S(=O)(=O)Cc1ccc(Cl)cc1-2. The molecule has 0 unspecified atom stereocenters. The average Bonchev–Trinajstić information content (AvgIpc) is 2.60. The summed E-state index contributed by atoms with van der Waals surface area (Å²) in [4.78, 5) is 26.6. The summed E-state index contributed by atoms with van der Waals surface area (Å²) < 4.78 is 25.4. The number of halogens is 1. The molecule has 0 aliphatic carbocycles. The number of guanidine groups is 1. The van der Waals surface area contributed by atoms with E-state index in [2.05, 4.69) is 15.3 Å². The fraction of sp³-hybridized carbons (Fsp3) is 0.118. The Morgan fingerprint density at radius 2 is 2.04 bits per heavy atom. The van der Waals surface area contributed by atoms with Crippen LogP contribution in [-0.2, 0) is 25.2 Å². The molecule has 8 nitrogen and oxygen atoms in total. The van der Waals surface area contributed by atoms with Crippen LogP contribution < -0.4 is 11.1 Å². The first-order chi connectivity index (χ1) is 12.7. The zero-order chi connectivity index (χ0) is 19.8. The third kappa shape index (κ3) is 3.64. The van der Waals surface area contributed by atoms with Crippen molar-refractivity contribution >= 4 is 39.8 Å². The Labute approximate surface area is 159 Å². The number of nitrogens with two attached hydrogens (primary N) is 1. The molecule has 3 N–H and O–H groups in total. The number of hydrogen-bond acceptors (Lipinski definition) is 6. The van der Waals surface area contributed by atoms with E-state index < -0.39 is 21.7 Å². The van der Waals surface area contributed by atoms with Crippen molar-refractivity contribution in [3.63, 3.8) is 0 Å². The summed E-state index contributed by atoms with van der Waals surface area (Å²) in [6, 6.07) is 7.93. The number of nitrogens with one attached hydrogen (secondary N) is 1. The van der Waals surface area contributed by atoms with Crippen LogP contribution >= 0.6 is 11.6 Å². The van der Waals surface area contributed by atoms with Crippen LogP contribution in [0.15, 0.2) is 40.4 Å². The Balaban J connectivity index is 2.10. The van der Waals surface area contributed by atoms with Gasteiger partial charge in [-0.1, -0.05) is 17.7 Å². The lowest BCUT2D eigenvalue weighted by molar-refractivity contribution is -0.128. The van der Waals surface area contributed by atoms with Gasteiger partial charge in [0.25, 0.3) is 5.91 Å². The first-order valence-electron chi connectivity index (χ1n) is 7.63. The predicted octanol–water partition coefficient (Wildman–Crippen LogP) is 1.74. The maximum absolute atomic E-state index is 12.7. The van der Waals surface area contributed by atoms with Gasteiger partial charge in [-0.3, -0.25) is 14.9 Å². The van der Waals surface area contributed by atoms with Gasteiger partial charge in [-0.2, -0.15) is 0 Å². The number of oxime groups is 1. The highest BCUT2D eigenvalue weighted by Gasteiger charge is 2.30. The summed E-state index contributed by atoms with van der Waals surface area (Å²) in [6.45, 7) is 1.70. The second-order valence-corrected chi connectivity index (χ2v) is 8.25. The second-order valence-electron chi connectivity index (χ2n) is 5.86. The molecule has 10 heteroatoms. The Hall–Kier alpha value is -2.91. The molecule has 0 bridgehead atoms. The minimum Gasteiger partial charge on any atom is -0.367 e. The molecule has 2 aromatic carbocycles. The molecule has 0 radical (unpaired) electrons. The lowest BCUT2D eigenvalue weighted by Gasteiger charge is -2.22. The molecular weight excluding hydrogens is 394 g/mol. The van der Waals surface area contributed by atoms with Gasteiger partial charge in [-0.25, -0.2) is 8.42 Å². The van der Waals surface area contributed by atoms with Gasteiger partial charge in [-0.15, -0.1) is 0 Å². The van der Waals surface area contributed by atoms with Crippen LogP contribution in [0.1, 0.15) is 21.5 Å². The van der Waals surface area contributed by atoms with Crippen molar-refractivity contribution in [1.82, 2.24) is 5.32 Å². The van der Waals surface area contributed by atoms with E-state index in [4.69, 9.17) is 17.3 Å². The Bertz CT molecular complexity index is 1100. The van der Waals surface area contributed by atoms with Gasteiger partial charge in [0.2, 0.25) is 5.96 Å². The van der Waals surface area contributed by atoms with Crippen LogP contribution in [-0.4, -0.2) is 26.8 Å². The van der Waals surface area contributed by atoms with Gasteiger partial charge in [0.1, 0.15) is 0 Å². The van der Waals surface area contributed by atoms with Crippen molar-refractivity contribution in [2.75, 3.05) is 0 Å². The van der Waals surface area contributed by atoms with E-state index in [1.807, 2.05) is 0 Å². The molecule has 1 aliphatic heterocycles. The van der Waals surface area contributed by atoms with Gasteiger partial charge in [0.05, 0.1) is 10.6 Å². The largest absolute Gasteiger partial charge is 0.367 e. The molecule has 140 valence electrons. The summed E-state index contributed by atoms with van der Waals surface area (Å²) in [5, 5.41) is 5.86. The molecule has 1 heterocycles. The van der Waals surface area contributed by atoms with E-state index in [1.165, 1.54) is 6.07 Å². The van der Waals surface area contributed by atoms with Crippen LogP contribution in [0, 0.1) is 6.92 Å². The summed E-state index contributed by atoms with van der Waals surface area (Å²) >= 11 is 6.06. The standard InChI is InChI=1S/C17H14ClN3O5S/c1-9-4-14-13-5-11(18)3-2-10(13)7-27(24,25)15(14)6-12(9)16(23)20-17(19)21-26-8-22/h2-6,8H,7H2,1H3,(H3,19,20,21,23). The van der Waals surface area contributed by atoms with Crippen molar-refractivity contribution in [2.24, 2.45) is 10.9 Å². The number of nitrogens with zero attached hydrogens (tertiary/aromatic N) is 1. The molecule has 27 heavy (non-hydrogen) atoms. The van der Waals surface area contributed by atoms with E-state index in [9.17, 15) is 18.0 Å². The number of rotatable bonds is 3. The zero-order valence-electron chi connectivity index (χ0n) is 14.0. The summed E-state index contributed by atoms with van der Waals surface area (Å²) in [5.41, 5.74) is 7.89. The minimum absolute atomic E-state index is 0.0349. The quantitative estimate of drug-likeness (QED) is 0.262. The topological polar surface area (TPSA) is 128 Å². The van der Waals surface area contributed by atoms with Crippen molar-refractivity contribution < 1.29 is 22.8 Å². The normalized spacial score (nSPS) is 14.7. The molecule has 0 fully saturated rings. The van der Waals surface area contributed by atoms with Crippen LogP contribution in [0.3, 0.4) is 0 Å².